The third-order valence-corrected chi connectivity index (χ3v) is 1.68. The second kappa shape index (κ2) is 2.24. The summed E-state index contributed by atoms with van der Waals surface area (Å²) < 4.78 is 5.10. The summed E-state index contributed by atoms with van der Waals surface area (Å²) in [5.41, 5.74) is 2.70. The second-order valence-electron chi connectivity index (χ2n) is 2.44. The lowest BCUT2D eigenvalue weighted by Gasteiger charge is -1.87. The van der Waals surface area contributed by atoms with Crippen LogP contribution in [0, 0.1) is 6.92 Å². The molecule has 2 rings (SSSR count). The highest BCUT2D eigenvalue weighted by molar-refractivity contribution is 6.28. The van der Waals surface area contributed by atoms with Crippen LogP contribution in [0.1, 0.15) is 5.56 Å². The molecule has 0 amide bonds. The maximum atomic E-state index is 5.56. The van der Waals surface area contributed by atoms with Crippen molar-refractivity contribution in [2.24, 2.45) is 0 Å². The lowest BCUT2D eigenvalue weighted by molar-refractivity contribution is 0.604. The zero-order valence-electron chi connectivity index (χ0n) is 5.97. The van der Waals surface area contributed by atoms with E-state index < -0.39 is 0 Å². The van der Waals surface area contributed by atoms with Crippen LogP contribution in [0.3, 0.4) is 0 Å². The molecule has 0 atom stereocenters. The van der Waals surface area contributed by atoms with Gasteiger partial charge in [-0.15, -0.1) is 0 Å². The molecule has 3 heteroatoms. The Labute approximate surface area is 68.8 Å². The van der Waals surface area contributed by atoms with E-state index in [1.54, 1.807) is 0 Å². The molecule has 1 aromatic carbocycles. The normalized spacial score (nSPS) is 10.7. The minimum absolute atomic E-state index is 0.200. The lowest BCUT2D eigenvalue weighted by atomic mass is 10.2. The maximum Gasteiger partial charge on any atom is 0.293 e. The second-order valence-corrected chi connectivity index (χ2v) is 2.76. The molecule has 0 bridgehead atoms. The van der Waals surface area contributed by atoms with Crippen LogP contribution in [0.15, 0.2) is 22.6 Å². The number of hydrogen-bond donors (Lipinski definition) is 0. The summed E-state index contributed by atoms with van der Waals surface area (Å²) in [6.07, 6.45) is 0. The van der Waals surface area contributed by atoms with E-state index >= 15 is 0 Å². The summed E-state index contributed by atoms with van der Waals surface area (Å²) in [4.78, 5) is 3.95. The molecule has 56 valence electrons. The van der Waals surface area contributed by atoms with Crippen LogP contribution in [0.25, 0.3) is 11.1 Å². The van der Waals surface area contributed by atoms with Crippen LogP contribution in [0.4, 0.5) is 0 Å². The van der Waals surface area contributed by atoms with Crippen molar-refractivity contribution in [1.29, 1.82) is 0 Å². The van der Waals surface area contributed by atoms with Crippen LogP contribution in [-0.2, 0) is 0 Å². The third-order valence-electron chi connectivity index (χ3n) is 1.52. The quantitative estimate of drug-likeness (QED) is 0.603. The van der Waals surface area contributed by atoms with Gasteiger partial charge in [-0.05, 0) is 36.2 Å². The fourth-order valence-corrected chi connectivity index (χ4v) is 1.18. The summed E-state index contributed by atoms with van der Waals surface area (Å²) >= 11 is 5.56. The lowest BCUT2D eigenvalue weighted by Crippen LogP contribution is -1.69. The number of oxazole rings is 1. The van der Waals surface area contributed by atoms with Gasteiger partial charge in [0.2, 0.25) is 0 Å². The summed E-state index contributed by atoms with van der Waals surface area (Å²) in [6, 6.07) is 5.77. The molecule has 0 aliphatic heterocycles. The SMILES string of the molecule is Cc1ccc2nc(Cl)oc2c1. The van der Waals surface area contributed by atoms with Gasteiger partial charge < -0.3 is 4.42 Å². The van der Waals surface area contributed by atoms with Gasteiger partial charge in [-0.25, -0.2) is 0 Å². The molecular formula is C8H6ClNO. The highest BCUT2D eigenvalue weighted by Crippen LogP contribution is 2.19. The maximum absolute atomic E-state index is 5.56. The van der Waals surface area contributed by atoms with Gasteiger partial charge in [-0.1, -0.05) is 6.07 Å². The summed E-state index contributed by atoms with van der Waals surface area (Å²) in [6.45, 7) is 2.00. The largest absolute Gasteiger partial charge is 0.428 e. The number of fused-ring (bicyclic) bond motifs is 1. The molecule has 0 spiro atoms. The fraction of sp³-hybridized carbons (Fsp3) is 0.125. The minimum atomic E-state index is 0.200. The van der Waals surface area contributed by atoms with E-state index in [1.165, 1.54) is 0 Å². The van der Waals surface area contributed by atoms with Crippen molar-refractivity contribution in [3.05, 3.63) is 29.1 Å². The van der Waals surface area contributed by atoms with Gasteiger partial charge in [-0.2, -0.15) is 4.98 Å². The van der Waals surface area contributed by atoms with E-state index in [-0.39, 0.29) is 5.35 Å². The van der Waals surface area contributed by atoms with Crippen molar-refractivity contribution < 1.29 is 4.42 Å². The van der Waals surface area contributed by atoms with Crippen LogP contribution in [0.2, 0.25) is 5.35 Å². The molecule has 1 heterocycles. The first-order valence-electron chi connectivity index (χ1n) is 3.28. The highest BCUT2D eigenvalue weighted by Gasteiger charge is 2.01. The summed E-state index contributed by atoms with van der Waals surface area (Å²) in [7, 11) is 0. The van der Waals surface area contributed by atoms with E-state index in [9.17, 15) is 0 Å². The van der Waals surface area contributed by atoms with Gasteiger partial charge in [0, 0.05) is 0 Å². The van der Waals surface area contributed by atoms with Gasteiger partial charge in [0.25, 0.3) is 5.35 Å². The van der Waals surface area contributed by atoms with Crippen molar-refractivity contribution in [3.63, 3.8) is 0 Å². The molecule has 2 nitrogen and oxygen atoms in total. The molecule has 2 aromatic rings. The number of hydrogen-bond acceptors (Lipinski definition) is 2. The number of aromatic nitrogens is 1. The Morgan fingerprint density at radius 3 is 3.09 bits per heavy atom. The van der Waals surface area contributed by atoms with Gasteiger partial charge in [-0.3, -0.25) is 0 Å². The molecule has 0 fully saturated rings. The Morgan fingerprint density at radius 2 is 2.27 bits per heavy atom. The van der Waals surface area contributed by atoms with Crippen molar-refractivity contribution in [2.45, 2.75) is 6.92 Å². The molecule has 0 aliphatic rings. The molecule has 0 unspecified atom stereocenters. The standard InChI is InChI=1S/C8H6ClNO/c1-5-2-3-6-7(4-5)11-8(9)10-6/h2-4H,1H3. The summed E-state index contributed by atoms with van der Waals surface area (Å²) in [5.74, 6) is 0. The molecular weight excluding hydrogens is 162 g/mol. The number of aryl methyl sites for hydroxylation is 1. The first-order chi connectivity index (χ1) is 5.25. The number of nitrogens with zero attached hydrogens (tertiary/aromatic N) is 1. The van der Waals surface area contributed by atoms with Gasteiger partial charge in [0.1, 0.15) is 5.52 Å². The predicted molar refractivity (Wildman–Crippen MR) is 43.8 cm³/mol. The van der Waals surface area contributed by atoms with E-state index in [1.807, 2.05) is 25.1 Å². The van der Waals surface area contributed by atoms with E-state index in [2.05, 4.69) is 4.98 Å². The zero-order valence-corrected chi connectivity index (χ0v) is 6.72. The van der Waals surface area contributed by atoms with Gasteiger partial charge in [0.05, 0.1) is 0 Å². The first-order valence-corrected chi connectivity index (χ1v) is 3.66. The van der Waals surface area contributed by atoms with Crippen molar-refractivity contribution in [2.75, 3.05) is 0 Å². The number of halogens is 1. The Bertz CT molecular complexity index is 394. The van der Waals surface area contributed by atoms with Crippen molar-refractivity contribution >= 4 is 22.7 Å². The van der Waals surface area contributed by atoms with Crippen LogP contribution >= 0.6 is 11.6 Å². The van der Waals surface area contributed by atoms with Crippen LogP contribution < -0.4 is 0 Å². The van der Waals surface area contributed by atoms with Crippen LogP contribution in [-0.4, -0.2) is 4.98 Å². The molecule has 0 N–H and O–H groups in total. The first kappa shape index (κ1) is 6.68. The number of rotatable bonds is 0. The number of benzene rings is 1. The Balaban J connectivity index is 2.82. The van der Waals surface area contributed by atoms with Gasteiger partial charge in [0.15, 0.2) is 5.58 Å². The van der Waals surface area contributed by atoms with E-state index in [0.29, 0.717) is 0 Å². The van der Waals surface area contributed by atoms with Gasteiger partial charge >= 0.3 is 0 Å². The third kappa shape index (κ3) is 1.10. The average Bonchev–Trinajstić information content (AvgIpc) is 2.27. The summed E-state index contributed by atoms with van der Waals surface area (Å²) in [5, 5.41) is 0.200. The molecule has 0 saturated carbocycles. The molecule has 11 heavy (non-hydrogen) atoms. The fourth-order valence-electron chi connectivity index (χ4n) is 1.00. The smallest absolute Gasteiger partial charge is 0.293 e. The van der Waals surface area contributed by atoms with E-state index in [4.69, 9.17) is 16.0 Å². The highest BCUT2D eigenvalue weighted by atomic mass is 35.5. The monoisotopic (exact) mass is 167 g/mol. The Morgan fingerprint density at radius 1 is 1.45 bits per heavy atom. The zero-order chi connectivity index (χ0) is 7.84. The topological polar surface area (TPSA) is 26.0 Å². The Kier molecular flexibility index (Phi) is 1.36. The molecule has 1 aromatic heterocycles. The average molecular weight is 168 g/mol. The van der Waals surface area contributed by atoms with Crippen molar-refractivity contribution in [3.8, 4) is 0 Å². The minimum Gasteiger partial charge on any atom is -0.428 e. The molecule has 0 radical (unpaired) electrons. The molecule has 0 aliphatic carbocycles. The predicted octanol–water partition coefficient (Wildman–Crippen LogP) is 2.79. The van der Waals surface area contributed by atoms with Crippen LogP contribution in [0.5, 0.6) is 0 Å². The van der Waals surface area contributed by atoms with E-state index in [0.717, 1.165) is 16.7 Å². The molecule has 0 saturated heterocycles. The van der Waals surface area contributed by atoms with Crippen molar-refractivity contribution in [1.82, 2.24) is 4.98 Å². The Hall–Kier alpha value is -1.02.